The van der Waals surface area contributed by atoms with Gasteiger partial charge in [-0.1, -0.05) is 31.0 Å². The second-order valence-corrected chi connectivity index (χ2v) is 4.42. The summed E-state index contributed by atoms with van der Waals surface area (Å²) in [6, 6.07) is 8.95. The summed E-state index contributed by atoms with van der Waals surface area (Å²) in [5, 5.41) is 0. The molecule has 0 heterocycles. The molecule has 0 saturated heterocycles. The highest BCUT2D eigenvalue weighted by Crippen LogP contribution is 2.15. The SMILES string of the molecule is CCCC(N)CN(CC)c1ccc(C)cc1. The van der Waals surface area contributed by atoms with Crippen LogP contribution in [-0.4, -0.2) is 19.1 Å². The van der Waals surface area contributed by atoms with Crippen molar-refractivity contribution in [2.75, 3.05) is 18.0 Å². The van der Waals surface area contributed by atoms with Crippen molar-refractivity contribution in [2.24, 2.45) is 5.73 Å². The van der Waals surface area contributed by atoms with Crippen LogP contribution in [0.4, 0.5) is 5.69 Å². The van der Waals surface area contributed by atoms with Crippen molar-refractivity contribution < 1.29 is 0 Å². The molecule has 0 fully saturated rings. The molecule has 1 aromatic rings. The van der Waals surface area contributed by atoms with E-state index in [0.29, 0.717) is 0 Å². The Labute approximate surface area is 99.5 Å². The first-order chi connectivity index (χ1) is 7.67. The molecule has 0 aliphatic carbocycles. The topological polar surface area (TPSA) is 29.3 Å². The van der Waals surface area contributed by atoms with Crippen LogP contribution in [0.1, 0.15) is 32.3 Å². The minimum Gasteiger partial charge on any atom is -0.370 e. The van der Waals surface area contributed by atoms with E-state index < -0.39 is 0 Å². The first kappa shape index (κ1) is 13.0. The molecule has 0 aliphatic rings. The molecule has 1 atom stereocenters. The zero-order valence-corrected chi connectivity index (χ0v) is 10.7. The minimum atomic E-state index is 0.284. The number of likely N-dealkylation sites (N-methyl/N-ethyl adjacent to an activating group) is 1. The predicted octanol–water partition coefficient (Wildman–Crippen LogP) is 2.95. The quantitative estimate of drug-likeness (QED) is 0.798. The highest BCUT2D eigenvalue weighted by molar-refractivity contribution is 5.47. The van der Waals surface area contributed by atoms with Gasteiger partial charge in [0.1, 0.15) is 0 Å². The summed E-state index contributed by atoms with van der Waals surface area (Å²) < 4.78 is 0. The molecule has 16 heavy (non-hydrogen) atoms. The van der Waals surface area contributed by atoms with Crippen LogP contribution in [0.25, 0.3) is 0 Å². The number of benzene rings is 1. The van der Waals surface area contributed by atoms with Crippen LogP contribution in [0.5, 0.6) is 0 Å². The summed E-state index contributed by atoms with van der Waals surface area (Å²) in [5.41, 5.74) is 8.67. The van der Waals surface area contributed by atoms with E-state index in [4.69, 9.17) is 5.73 Å². The van der Waals surface area contributed by atoms with Gasteiger partial charge in [-0.05, 0) is 32.4 Å². The fourth-order valence-electron chi connectivity index (χ4n) is 1.92. The maximum Gasteiger partial charge on any atom is 0.0366 e. The zero-order chi connectivity index (χ0) is 12.0. The molecule has 1 aromatic carbocycles. The Kier molecular flexibility index (Phi) is 5.33. The molecule has 0 saturated carbocycles. The summed E-state index contributed by atoms with van der Waals surface area (Å²) in [6.45, 7) is 8.44. The van der Waals surface area contributed by atoms with Crippen molar-refractivity contribution >= 4 is 5.69 Å². The first-order valence-corrected chi connectivity index (χ1v) is 6.24. The molecule has 1 rings (SSSR count). The largest absolute Gasteiger partial charge is 0.370 e. The Bertz CT molecular complexity index is 292. The number of rotatable bonds is 6. The second kappa shape index (κ2) is 6.54. The zero-order valence-electron chi connectivity index (χ0n) is 10.7. The molecule has 0 spiro atoms. The Balaban J connectivity index is 2.63. The average Bonchev–Trinajstić information content (AvgIpc) is 2.27. The van der Waals surface area contributed by atoms with Crippen LogP contribution in [0.3, 0.4) is 0 Å². The van der Waals surface area contributed by atoms with Crippen molar-refractivity contribution in [1.29, 1.82) is 0 Å². The van der Waals surface area contributed by atoms with Gasteiger partial charge in [-0.2, -0.15) is 0 Å². The number of aryl methyl sites for hydroxylation is 1. The van der Waals surface area contributed by atoms with Gasteiger partial charge in [-0.3, -0.25) is 0 Å². The van der Waals surface area contributed by atoms with Gasteiger partial charge in [0.05, 0.1) is 0 Å². The van der Waals surface area contributed by atoms with Crippen LogP contribution < -0.4 is 10.6 Å². The van der Waals surface area contributed by atoms with E-state index in [2.05, 4.69) is 49.9 Å². The van der Waals surface area contributed by atoms with E-state index >= 15 is 0 Å². The number of nitrogens with zero attached hydrogens (tertiary/aromatic N) is 1. The smallest absolute Gasteiger partial charge is 0.0366 e. The minimum absolute atomic E-state index is 0.284. The van der Waals surface area contributed by atoms with Gasteiger partial charge in [0, 0.05) is 24.8 Å². The Morgan fingerprint density at radius 3 is 2.31 bits per heavy atom. The molecule has 2 heteroatoms. The average molecular weight is 220 g/mol. The lowest BCUT2D eigenvalue weighted by Gasteiger charge is -2.26. The van der Waals surface area contributed by atoms with Crippen LogP contribution >= 0.6 is 0 Å². The predicted molar refractivity (Wildman–Crippen MR) is 71.9 cm³/mol. The second-order valence-electron chi connectivity index (χ2n) is 4.42. The third-order valence-electron chi connectivity index (χ3n) is 2.90. The molecule has 0 radical (unpaired) electrons. The van der Waals surface area contributed by atoms with E-state index in [1.54, 1.807) is 0 Å². The summed E-state index contributed by atoms with van der Waals surface area (Å²) in [6.07, 6.45) is 2.26. The summed E-state index contributed by atoms with van der Waals surface area (Å²) in [7, 11) is 0. The first-order valence-electron chi connectivity index (χ1n) is 6.24. The van der Waals surface area contributed by atoms with Crippen molar-refractivity contribution in [3.05, 3.63) is 29.8 Å². The van der Waals surface area contributed by atoms with Gasteiger partial charge in [-0.25, -0.2) is 0 Å². The maximum absolute atomic E-state index is 6.09. The maximum atomic E-state index is 6.09. The number of anilines is 1. The summed E-state index contributed by atoms with van der Waals surface area (Å²) >= 11 is 0. The Hall–Kier alpha value is -1.02. The van der Waals surface area contributed by atoms with Gasteiger partial charge >= 0.3 is 0 Å². The molecule has 2 N–H and O–H groups in total. The van der Waals surface area contributed by atoms with Gasteiger partial charge in [-0.15, -0.1) is 0 Å². The molecular weight excluding hydrogens is 196 g/mol. The van der Waals surface area contributed by atoms with Crippen molar-refractivity contribution in [2.45, 2.75) is 39.7 Å². The van der Waals surface area contributed by atoms with Gasteiger partial charge in [0.25, 0.3) is 0 Å². The van der Waals surface area contributed by atoms with E-state index in [-0.39, 0.29) is 6.04 Å². The lowest BCUT2D eigenvalue weighted by Crippen LogP contribution is -2.37. The Morgan fingerprint density at radius 2 is 1.81 bits per heavy atom. The number of hydrogen-bond acceptors (Lipinski definition) is 2. The fraction of sp³-hybridized carbons (Fsp3) is 0.571. The normalized spacial score (nSPS) is 12.5. The standard InChI is InChI=1S/C14H24N2/c1-4-6-13(15)11-16(5-2)14-9-7-12(3)8-10-14/h7-10,13H,4-6,11,15H2,1-3H3. The lowest BCUT2D eigenvalue weighted by atomic mass is 10.1. The van der Waals surface area contributed by atoms with Gasteiger partial charge in [0.15, 0.2) is 0 Å². The van der Waals surface area contributed by atoms with Crippen LogP contribution in [0.15, 0.2) is 24.3 Å². The number of nitrogens with two attached hydrogens (primary N) is 1. The summed E-state index contributed by atoms with van der Waals surface area (Å²) in [4.78, 5) is 2.35. The van der Waals surface area contributed by atoms with E-state index in [0.717, 1.165) is 25.9 Å². The third-order valence-corrected chi connectivity index (χ3v) is 2.90. The fourth-order valence-corrected chi connectivity index (χ4v) is 1.92. The van der Waals surface area contributed by atoms with E-state index in [1.165, 1.54) is 11.3 Å². The van der Waals surface area contributed by atoms with Crippen molar-refractivity contribution in [1.82, 2.24) is 0 Å². The van der Waals surface area contributed by atoms with Gasteiger partial charge in [0.2, 0.25) is 0 Å². The lowest BCUT2D eigenvalue weighted by molar-refractivity contribution is 0.586. The molecule has 0 amide bonds. The molecule has 1 unspecified atom stereocenters. The molecular formula is C14H24N2. The molecule has 0 bridgehead atoms. The van der Waals surface area contributed by atoms with Crippen LogP contribution in [0.2, 0.25) is 0 Å². The molecule has 90 valence electrons. The third kappa shape index (κ3) is 3.86. The monoisotopic (exact) mass is 220 g/mol. The summed E-state index contributed by atoms with van der Waals surface area (Å²) in [5.74, 6) is 0. The molecule has 0 aliphatic heterocycles. The molecule has 2 nitrogen and oxygen atoms in total. The highest BCUT2D eigenvalue weighted by Gasteiger charge is 2.08. The van der Waals surface area contributed by atoms with Crippen molar-refractivity contribution in [3.63, 3.8) is 0 Å². The van der Waals surface area contributed by atoms with Crippen LogP contribution in [0, 0.1) is 6.92 Å². The highest BCUT2D eigenvalue weighted by atomic mass is 15.1. The van der Waals surface area contributed by atoms with E-state index in [1.807, 2.05) is 0 Å². The number of hydrogen-bond donors (Lipinski definition) is 1. The van der Waals surface area contributed by atoms with Crippen LogP contribution in [-0.2, 0) is 0 Å². The van der Waals surface area contributed by atoms with Gasteiger partial charge < -0.3 is 10.6 Å². The van der Waals surface area contributed by atoms with E-state index in [9.17, 15) is 0 Å². The Morgan fingerprint density at radius 1 is 1.19 bits per heavy atom. The van der Waals surface area contributed by atoms with Crippen molar-refractivity contribution in [3.8, 4) is 0 Å². The molecule has 0 aromatic heterocycles.